The quantitative estimate of drug-likeness (QED) is 0.744. The summed E-state index contributed by atoms with van der Waals surface area (Å²) in [6.45, 7) is 1.48. The number of ether oxygens (including phenoxy) is 1. The van der Waals surface area contributed by atoms with Crippen molar-refractivity contribution in [2.24, 2.45) is 5.92 Å². The molecule has 1 aromatic rings. The molecule has 0 radical (unpaired) electrons. The van der Waals surface area contributed by atoms with Crippen molar-refractivity contribution in [1.82, 2.24) is 0 Å². The third-order valence-electron chi connectivity index (χ3n) is 2.71. The maximum Gasteiger partial charge on any atom is 0.307 e. The molecule has 0 saturated carbocycles. The van der Waals surface area contributed by atoms with Crippen LogP contribution in [0.5, 0.6) is 0 Å². The maximum absolute atomic E-state index is 11.4. The van der Waals surface area contributed by atoms with Gasteiger partial charge < -0.3 is 4.74 Å². The fraction of sp³-hybridized carbons (Fsp3) is 0.333. The Hall–Kier alpha value is -1.35. The number of rotatable bonds is 2. The van der Waals surface area contributed by atoms with Gasteiger partial charge in [-0.2, -0.15) is 0 Å². The monoisotopic (exact) mass is 238 g/mol. The van der Waals surface area contributed by atoms with E-state index in [1.54, 1.807) is 18.2 Å². The Balaban J connectivity index is 2.32. The first-order chi connectivity index (χ1) is 7.58. The summed E-state index contributed by atoms with van der Waals surface area (Å²) in [6, 6.07) is 7.05. The molecule has 0 aromatic heterocycles. The molecule has 1 aliphatic rings. The standard InChI is InChI=1S/C12H11ClO3/c1-7(14)10-6-11(15)16-12(10)8-3-2-4-9(13)5-8/h2-5,10,12H,6H2,1H3. The van der Waals surface area contributed by atoms with Crippen molar-refractivity contribution >= 4 is 23.4 Å². The average molecular weight is 239 g/mol. The zero-order valence-corrected chi connectivity index (χ0v) is 9.53. The number of Topliss-reactive ketones (excluding diaryl/α,β-unsaturated/α-hetero) is 1. The van der Waals surface area contributed by atoms with Crippen LogP contribution in [-0.2, 0) is 14.3 Å². The fourth-order valence-electron chi connectivity index (χ4n) is 1.90. The summed E-state index contributed by atoms with van der Waals surface area (Å²) >= 11 is 5.86. The van der Waals surface area contributed by atoms with Crippen molar-refractivity contribution in [2.75, 3.05) is 0 Å². The van der Waals surface area contributed by atoms with E-state index in [2.05, 4.69) is 0 Å². The lowest BCUT2D eigenvalue weighted by Gasteiger charge is -2.15. The predicted octanol–water partition coefficient (Wildman–Crippen LogP) is 2.53. The number of hydrogen-bond acceptors (Lipinski definition) is 3. The highest BCUT2D eigenvalue weighted by molar-refractivity contribution is 6.30. The number of cyclic esters (lactones) is 1. The van der Waals surface area contributed by atoms with Crippen molar-refractivity contribution in [3.8, 4) is 0 Å². The molecule has 1 heterocycles. The number of carbonyl (C=O) groups excluding carboxylic acids is 2. The third kappa shape index (κ3) is 2.09. The van der Waals surface area contributed by atoms with Crippen molar-refractivity contribution in [3.63, 3.8) is 0 Å². The molecule has 1 fully saturated rings. The summed E-state index contributed by atoms with van der Waals surface area (Å²) in [6.07, 6.45) is -0.323. The summed E-state index contributed by atoms with van der Waals surface area (Å²) in [5, 5.41) is 0.572. The number of benzene rings is 1. The minimum Gasteiger partial charge on any atom is -0.457 e. The van der Waals surface area contributed by atoms with Gasteiger partial charge in [0.25, 0.3) is 0 Å². The second kappa shape index (κ2) is 4.26. The molecule has 3 nitrogen and oxygen atoms in total. The molecular formula is C12H11ClO3. The van der Waals surface area contributed by atoms with E-state index in [0.29, 0.717) is 5.02 Å². The van der Waals surface area contributed by atoms with Gasteiger partial charge in [-0.15, -0.1) is 0 Å². The fourth-order valence-corrected chi connectivity index (χ4v) is 2.10. The molecule has 84 valence electrons. The van der Waals surface area contributed by atoms with E-state index in [0.717, 1.165) is 5.56 Å². The van der Waals surface area contributed by atoms with Crippen molar-refractivity contribution < 1.29 is 14.3 Å². The molecule has 1 aromatic carbocycles. The number of ketones is 1. The minimum absolute atomic E-state index is 0.0316. The van der Waals surface area contributed by atoms with Crippen LogP contribution in [0.4, 0.5) is 0 Å². The first-order valence-corrected chi connectivity index (χ1v) is 5.41. The van der Waals surface area contributed by atoms with Gasteiger partial charge in [-0.25, -0.2) is 0 Å². The van der Waals surface area contributed by atoms with Crippen LogP contribution in [0.15, 0.2) is 24.3 Å². The van der Waals surface area contributed by atoms with Crippen LogP contribution in [0.25, 0.3) is 0 Å². The van der Waals surface area contributed by atoms with Gasteiger partial charge in [0, 0.05) is 5.02 Å². The largest absolute Gasteiger partial charge is 0.457 e. The molecule has 0 aliphatic carbocycles. The van der Waals surface area contributed by atoms with E-state index in [9.17, 15) is 9.59 Å². The van der Waals surface area contributed by atoms with E-state index < -0.39 is 6.10 Å². The molecule has 0 bridgehead atoms. The molecule has 0 spiro atoms. The lowest BCUT2D eigenvalue weighted by Crippen LogP contribution is -2.15. The van der Waals surface area contributed by atoms with Gasteiger partial charge in [0.1, 0.15) is 11.9 Å². The Kier molecular flexibility index (Phi) is 2.97. The van der Waals surface area contributed by atoms with Gasteiger partial charge in [-0.3, -0.25) is 9.59 Å². The first kappa shape index (κ1) is 11.1. The third-order valence-corrected chi connectivity index (χ3v) is 2.94. The van der Waals surface area contributed by atoms with Crippen LogP contribution in [-0.4, -0.2) is 11.8 Å². The van der Waals surface area contributed by atoms with Crippen LogP contribution in [0.1, 0.15) is 25.0 Å². The highest BCUT2D eigenvalue weighted by Gasteiger charge is 2.38. The van der Waals surface area contributed by atoms with Crippen molar-refractivity contribution in [2.45, 2.75) is 19.4 Å². The maximum atomic E-state index is 11.4. The van der Waals surface area contributed by atoms with Crippen LogP contribution in [0.3, 0.4) is 0 Å². The molecule has 0 amide bonds. The number of carbonyl (C=O) groups is 2. The average Bonchev–Trinajstić information content (AvgIpc) is 2.60. The topological polar surface area (TPSA) is 43.4 Å². The molecular weight excluding hydrogens is 228 g/mol. The van der Waals surface area contributed by atoms with Gasteiger partial charge in [0.05, 0.1) is 12.3 Å². The second-order valence-electron chi connectivity index (χ2n) is 3.89. The van der Waals surface area contributed by atoms with Crippen LogP contribution in [0, 0.1) is 5.92 Å². The van der Waals surface area contributed by atoms with Gasteiger partial charge >= 0.3 is 5.97 Å². The zero-order valence-electron chi connectivity index (χ0n) is 8.77. The van der Waals surface area contributed by atoms with Gasteiger partial charge in [-0.05, 0) is 24.6 Å². The summed E-state index contributed by atoms with van der Waals surface area (Å²) < 4.78 is 5.16. The lowest BCUT2D eigenvalue weighted by atomic mass is 9.92. The van der Waals surface area contributed by atoms with Gasteiger partial charge in [-0.1, -0.05) is 23.7 Å². The summed E-state index contributed by atoms with van der Waals surface area (Å²) in [5.41, 5.74) is 0.776. The second-order valence-corrected chi connectivity index (χ2v) is 4.32. The molecule has 4 heteroatoms. The number of esters is 1. The summed E-state index contributed by atoms with van der Waals surface area (Å²) in [5.74, 6) is -0.744. The van der Waals surface area contributed by atoms with E-state index in [1.807, 2.05) is 6.07 Å². The van der Waals surface area contributed by atoms with Crippen LogP contribution >= 0.6 is 11.6 Å². The van der Waals surface area contributed by atoms with Gasteiger partial charge in [0.2, 0.25) is 0 Å². The first-order valence-electron chi connectivity index (χ1n) is 5.03. The predicted molar refractivity (Wildman–Crippen MR) is 59.1 cm³/mol. The van der Waals surface area contributed by atoms with E-state index >= 15 is 0 Å². The molecule has 0 N–H and O–H groups in total. The molecule has 1 saturated heterocycles. The Morgan fingerprint density at radius 3 is 2.88 bits per heavy atom. The van der Waals surface area contributed by atoms with Gasteiger partial charge in [0.15, 0.2) is 0 Å². The smallest absolute Gasteiger partial charge is 0.307 e. The summed E-state index contributed by atoms with van der Waals surface area (Å²) in [4.78, 5) is 22.6. The SMILES string of the molecule is CC(=O)C1CC(=O)OC1c1cccc(Cl)c1. The Labute approximate surface area is 98.4 Å². The Morgan fingerprint density at radius 1 is 1.50 bits per heavy atom. The molecule has 2 rings (SSSR count). The van der Waals surface area contributed by atoms with Crippen molar-refractivity contribution in [3.05, 3.63) is 34.9 Å². The number of hydrogen-bond donors (Lipinski definition) is 0. The molecule has 2 atom stereocenters. The van der Waals surface area contributed by atoms with Crippen LogP contribution in [0.2, 0.25) is 5.02 Å². The Morgan fingerprint density at radius 2 is 2.25 bits per heavy atom. The highest BCUT2D eigenvalue weighted by atomic mass is 35.5. The highest BCUT2D eigenvalue weighted by Crippen LogP contribution is 2.36. The number of halogens is 1. The van der Waals surface area contributed by atoms with Crippen LogP contribution < -0.4 is 0 Å². The minimum atomic E-state index is -0.483. The van der Waals surface area contributed by atoms with E-state index in [1.165, 1.54) is 6.92 Å². The molecule has 1 aliphatic heterocycles. The molecule has 2 unspecified atom stereocenters. The van der Waals surface area contributed by atoms with E-state index in [-0.39, 0.29) is 24.1 Å². The molecule has 16 heavy (non-hydrogen) atoms. The zero-order chi connectivity index (χ0) is 11.7. The van der Waals surface area contributed by atoms with E-state index in [4.69, 9.17) is 16.3 Å². The lowest BCUT2D eigenvalue weighted by molar-refractivity contribution is -0.141. The van der Waals surface area contributed by atoms with Crippen molar-refractivity contribution in [1.29, 1.82) is 0 Å². The summed E-state index contributed by atoms with van der Waals surface area (Å²) in [7, 11) is 0. The normalized spacial score (nSPS) is 24.2. The Bertz CT molecular complexity index is 442.